The summed E-state index contributed by atoms with van der Waals surface area (Å²) < 4.78 is 32.8. The lowest BCUT2D eigenvalue weighted by atomic mass is 10.1. The van der Waals surface area contributed by atoms with Crippen molar-refractivity contribution in [3.63, 3.8) is 0 Å². The molecule has 0 bridgehead atoms. The third-order valence-electron chi connectivity index (χ3n) is 4.16. The van der Waals surface area contributed by atoms with Crippen molar-refractivity contribution in [1.82, 2.24) is 14.9 Å². The number of nitrogens with one attached hydrogen (secondary N) is 2. The van der Waals surface area contributed by atoms with Crippen LogP contribution in [0.5, 0.6) is 5.75 Å². The zero-order chi connectivity index (χ0) is 18.6. The lowest BCUT2D eigenvalue weighted by molar-refractivity contribution is 0.0787. The fraction of sp³-hybridized carbons (Fsp3) is 0.588. The molecule has 1 unspecified atom stereocenters. The molecular formula is C17H28ClN3O4S. The van der Waals surface area contributed by atoms with Gasteiger partial charge in [0.25, 0.3) is 5.91 Å². The third kappa shape index (κ3) is 5.33. The first-order valence-corrected chi connectivity index (χ1v) is 9.91. The lowest BCUT2D eigenvalue weighted by Crippen LogP contribution is -2.32. The predicted molar refractivity (Wildman–Crippen MR) is 104 cm³/mol. The van der Waals surface area contributed by atoms with Crippen LogP contribution in [0.2, 0.25) is 0 Å². The number of rotatable bonds is 7. The molecule has 0 aromatic heterocycles. The van der Waals surface area contributed by atoms with E-state index in [1.165, 1.54) is 19.2 Å². The van der Waals surface area contributed by atoms with E-state index in [2.05, 4.69) is 10.0 Å². The van der Waals surface area contributed by atoms with Gasteiger partial charge in [-0.2, -0.15) is 0 Å². The second-order valence-corrected chi connectivity index (χ2v) is 8.29. The van der Waals surface area contributed by atoms with Gasteiger partial charge in [0.05, 0.1) is 7.11 Å². The smallest absolute Gasteiger partial charge is 0.253 e. The molecule has 0 radical (unpaired) electrons. The first kappa shape index (κ1) is 22.7. The Balaban J connectivity index is 0.00000338. The number of carbonyl (C=O) groups excluding carboxylic acids is 1. The Morgan fingerprint density at radius 1 is 1.38 bits per heavy atom. The van der Waals surface area contributed by atoms with Crippen LogP contribution in [0, 0.1) is 5.92 Å². The van der Waals surface area contributed by atoms with Gasteiger partial charge in [0.15, 0.2) is 0 Å². The number of carbonyl (C=O) groups is 1. The van der Waals surface area contributed by atoms with E-state index >= 15 is 0 Å². The van der Waals surface area contributed by atoms with Crippen LogP contribution in [-0.2, 0) is 10.0 Å². The summed E-state index contributed by atoms with van der Waals surface area (Å²) >= 11 is 0. The molecule has 1 amide bonds. The molecule has 7 nitrogen and oxygen atoms in total. The van der Waals surface area contributed by atoms with E-state index in [0.717, 1.165) is 13.0 Å². The van der Waals surface area contributed by atoms with Crippen LogP contribution in [0.25, 0.3) is 0 Å². The number of ether oxygens (including phenoxy) is 1. The van der Waals surface area contributed by atoms with Crippen molar-refractivity contribution in [2.24, 2.45) is 5.92 Å². The summed E-state index contributed by atoms with van der Waals surface area (Å²) in [6.07, 6.45) is 0.947. The average molecular weight is 406 g/mol. The molecule has 2 rings (SSSR count). The van der Waals surface area contributed by atoms with Crippen molar-refractivity contribution in [2.75, 3.05) is 33.8 Å². The second-order valence-electron chi connectivity index (χ2n) is 6.61. The molecule has 26 heavy (non-hydrogen) atoms. The number of hydrogen-bond donors (Lipinski definition) is 2. The number of nitrogens with zero attached hydrogens (tertiary/aromatic N) is 1. The number of amides is 1. The van der Waals surface area contributed by atoms with Gasteiger partial charge in [-0.25, -0.2) is 13.1 Å². The second kappa shape index (κ2) is 9.55. The Hall–Kier alpha value is -1.35. The minimum atomic E-state index is -3.76. The molecule has 1 saturated heterocycles. The molecule has 1 fully saturated rings. The number of methoxy groups -OCH3 is 1. The largest absolute Gasteiger partial charge is 0.495 e. The molecule has 0 saturated carbocycles. The van der Waals surface area contributed by atoms with Gasteiger partial charge >= 0.3 is 0 Å². The zero-order valence-corrected chi connectivity index (χ0v) is 17.2. The van der Waals surface area contributed by atoms with E-state index in [0.29, 0.717) is 24.6 Å². The minimum Gasteiger partial charge on any atom is -0.495 e. The van der Waals surface area contributed by atoms with E-state index in [1.54, 1.807) is 24.8 Å². The quantitative estimate of drug-likeness (QED) is 0.717. The Labute approximate surface area is 161 Å². The summed E-state index contributed by atoms with van der Waals surface area (Å²) in [6.45, 7) is 5.71. The maximum Gasteiger partial charge on any atom is 0.253 e. The monoisotopic (exact) mass is 405 g/mol. The molecule has 1 aromatic rings. The van der Waals surface area contributed by atoms with Crippen LogP contribution < -0.4 is 14.8 Å². The standard InChI is InChI=1S/C17H27N3O4S.ClH/c1-12(2)19-25(22,23)16-9-14(5-6-15(16)24-4)17(21)20-8-7-13(11-20)10-18-3;/h5-6,9,12-13,18-19H,7-8,10-11H2,1-4H3;1H. The summed E-state index contributed by atoms with van der Waals surface area (Å²) in [5.41, 5.74) is 0.357. The molecule has 2 N–H and O–H groups in total. The number of hydrogen-bond acceptors (Lipinski definition) is 5. The topological polar surface area (TPSA) is 87.7 Å². The lowest BCUT2D eigenvalue weighted by Gasteiger charge is -2.18. The van der Waals surface area contributed by atoms with Gasteiger partial charge in [-0.3, -0.25) is 4.79 Å². The molecule has 1 heterocycles. The highest BCUT2D eigenvalue weighted by Crippen LogP contribution is 2.27. The van der Waals surface area contributed by atoms with E-state index < -0.39 is 10.0 Å². The van der Waals surface area contributed by atoms with Crippen LogP contribution in [0.4, 0.5) is 0 Å². The molecule has 0 spiro atoms. The SMILES string of the molecule is CNCC1CCN(C(=O)c2ccc(OC)c(S(=O)(=O)NC(C)C)c2)C1.Cl. The van der Waals surface area contributed by atoms with Crippen LogP contribution in [-0.4, -0.2) is 59.1 Å². The van der Waals surface area contributed by atoms with Crippen molar-refractivity contribution in [3.05, 3.63) is 23.8 Å². The highest BCUT2D eigenvalue weighted by atomic mass is 35.5. The maximum absolute atomic E-state index is 12.7. The number of halogens is 1. The average Bonchev–Trinajstić information content (AvgIpc) is 3.01. The molecule has 148 valence electrons. The normalized spacial score (nSPS) is 17.3. The number of sulfonamides is 1. The molecule has 1 aliphatic rings. The van der Waals surface area contributed by atoms with Crippen LogP contribution in [0.3, 0.4) is 0 Å². The van der Waals surface area contributed by atoms with E-state index in [4.69, 9.17) is 4.74 Å². The predicted octanol–water partition coefficient (Wildman–Crippen LogP) is 1.49. The highest BCUT2D eigenvalue weighted by molar-refractivity contribution is 7.89. The Morgan fingerprint density at radius 2 is 2.08 bits per heavy atom. The summed E-state index contributed by atoms with van der Waals surface area (Å²) in [5, 5.41) is 3.13. The number of likely N-dealkylation sites (tertiary alicyclic amines) is 1. The number of benzene rings is 1. The highest BCUT2D eigenvalue weighted by Gasteiger charge is 2.28. The Morgan fingerprint density at radius 3 is 2.65 bits per heavy atom. The fourth-order valence-corrected chi connectivity index (χ4v) is 4.49. The van der Waals surface area contributed by atoms with Crippen LogP contribution >= 0.6 is 12.4 Å². The zero-order valence-electron chi connectivity index (χ0n) is 15.6. The van der Waals surface area contributed by atoms with E-state index in [1.807, 2.05) is 7.05 Å². The van der Waals surface area contributed by atoms with Crippen molar-refractivity contribution >= 4 is 28.3 Å². The minimum absolute atomic E-state index is 0. The van der Waals surface area contributed by atoms with Crippen molar-refractivity contribution in [2.45, 2.75) is 31.2 Å². The fourth-order valence-electron chi connectivity index (χ4n) is 3.05. The van der Waals surface area contributed by atoms with Crippen LogP contribution in [0.15, 0.2) is 23.1 Å². The van der Waals surface area contributed by atoms with Crippen molar-refractivity contribution < 1.29 is 17.9 Å². The first-order chi connectivity index (χ1) is 11.8. The Bertz CT molecular complexity index is 725. The van der Waals surface area contributed by atoms with Gasteiger partial charge in [0.1, 0.15) is 10.6 Å². The maximum atomic E-state index is 12.7. The molecular weight excluding hydrogens is 378 g/mol. The van der Waals surface area contributed by atoms with Crippen molar-refractivity contribution in [3.8, 4) is 5.75 Å². The molecule has 1 atom stereocenters. The van der Waals surface area contributed by atoms with Crippen molar-refractivity contribution in [1.29, 1.82) is 0 Å². The van der Waals surface area contributed by atoms with Gasteiger partial charge < -0.3 is 15.0 Å². The third-order valence-corrected chi connectivity index (χ3v) is 5.84. The summed E-state index contributed by atoms with van der Waals surface area (Å²) in [4.78, 5) is 14.5. The molecule has 1 aromatic carbocycles. The van der Waals surface area contributed by atoms with Gasteiger partial charge in [0, 0.05) is 24.7 Å². The van der Waals surface area contributed by atoms with Gasteiger partial charge in [-0.15, -0.1) is 12.4 Å². The van der Waals surface area contributed by atoms with Gasteiger partial charge in [0.2, 0.25) is 10.0 Å². The first-order valence-electron chi connectivity index (χ1n) is 8.42. The van der Waals surface area contributed by atoms with Gasteiger partial charge in [-0.1, -0.05) is 0 Å². The molecule has 1 aliphatic heterocycles. The molecule has 0 aliphatic carbocycles. The summed E-state index contributed by atoms with van der Waals surface area (Å²) in [6, 6.07) is 4.29. The summed E-state index contributed by atoms with van der Waals surface area (Å²) in [7, 11) is -0.451. The van der Waals surface area contributed by atoms with E-state index in [-0.39, 0.29) is 35.0 Å². The summed E-state index contributed by atoms with van der Waals surface area (Å²) in [5.74, 6) is 0.499. The molecule has 9 heteroatoms. The van der Waals surface area contributed by atoms with Crippen LogP contribution in [0.1, 0.15) is 30.6 Å². The van der Waals surface area contributed by atoms with Gasteiger partial charge in [-0.05, 0) is 58.0 Å². The Kier molecular flexibility index (Phi) is 8.33. The van der Waals surface area contributed by atoms with E-state index in [9.17, 15) is 13.2 Å².